The van der Waals surface area contributed by atoms with E-state index in [9.17, 15) is 36.3 Å². The van der Waals surface area contributed by atoms with Crippen molar-refractivity contribution in [2.75, 3.05) is 0 Å². The summed E-state index contributed by atoms with van der Waals surface area (Å²) in [5, 5.41) is 8.94. The van der Waals surface area contributed by atoms with E-state index in [1.807, 2.05) is 0 Å². The summed E-state index contributed by atoms with van der Waals surface area (Å²) in [5.74, 6) is -12.1. The Kier molecular flexibility index (Phi) is 6.65. The summed E-state index contributed by atoms with van der Waals surface area (Å²) in [4.78, 5) is 35.1. The van der Waals surface area contributed by atoms with Crippen LogP contribution in [0.3, 0.4) is 0 Å². The zero-order valence-electron chi connectivity index (χ0n) is 13.4. The molecule has 6 nitrogen and oxygen atoms in total. The van der Waals surface area contributed by atoms with Gasteiger partial charge in [-0.15, -0.1) is 0 Å². The lowest BCUT2D eigenvalue weighted by Gasteiger charge is -2.20. The lowest BCUT2D eigenvalue weighted by molar-refractivity contribution is -0.169. The van der Waals surface area contributed by atoms with Crippen molar-refractivity contribution in [1.29, 1.82) is 0 Å². The number of carbonyl (C=O) groups excluding carboxylic acids is 2. The molecule has 0 amide bonds. The van der Waals surface area contributed by atoms with E-state index in [0.717, 1.165) is 0 Å². The number of hydrogen-bond acceptors (Lipinski definition) is 5. The number of alkyl halides is 3. The lowest BCUT2D eigenvalue weighted by Crippen LogP contribution is -2.51. The largest absolute Gasteiger partial charge is 0.478 e. The Bertz CT molecular complexity index is 723. The summed E-state index contributed by atoms with van der Waals surface area (Å²) in [7, 11) is 0. The topological polar surface area (TPSA) is 89.9 Å². The van der Waals surface area contributed by atoms with Crippen molar-refractivity contribution in [3.8, 4) is 5.75 Å². The number of aliphatic carboxylic acids is 1. The molecule has 2 atom stereocenters. The van der Waals surface area contributed by atoms with Crippen LogP contribution in [0.25, 0.3) is 0 Å². The third-order valence-electron chi connectivity index (χ3n) is 3.25. The average molecular weight is 384 g/mol. The number of carbonyl (C=O) groups is 3. The molecule has 0 aromatic heterocycles. The van der Waals surface area contributed by atoms with E-state index in [1.54, 1.807) is 0 Å². The summed E-state index contributed by atoms with van der Waals surface area (Å²) in [6.07, 6.45) is -0.792. The molecule has 0 aliphatic rings. The van der Waals surface area contributed by atoms with Crippen LogP contribution in [-0.2, 0) is 14.3 Å². The van der Waals surface area contributed by atoms with E-state index in [-0.39, 0.29) is 18.6 Å². The quantitative estimate of drug-likeness (QED) is 0.321. The van der Waals surface area contributed by atoms with Gasteiger partial charge in [0.05, 0.1) is 6.10 Å². The van der Waals surface area contributed by atoms with Gasteiger partial charge in [-0.05, 0) is 25.5 Å². The van der Waals surface area contributed by atoms with Gasteiger partial charge in [-0.3, -0.25) is 4.79 Å². The van der Waals surface area contributed by atoms with Gasteiger partial charge >= 0.3 is 24.2 Å². The Morgan fingerprint density at radius 2 is 1.81 bits per heavy atom. The number of carboxylic acids is 1. The maximum atomic E-state index is 14.7. The van der Waals surface area contributed by atoms with Crippen LogP contribution in [0.2, 0.25) is 0 Å². The van der Waals surface area contributed by atoms with Crippen LogP contribution in [0, 0.1) is 11.6 Å². The molecule has 1 rings (SSSR count). The van der Waals surface area contributed by atoms with E-state index in [4.69, 9.17) is 5.11 Å². The molecule has 1 N–H and O–H groups in total. The molecule has 0 spiro atoms. The second kappa shape index (κ2) is 8.11. The van der Waals surface area contributed by atoms with Crippen molar-refractivity contribution >= 4 is 17.7 Å². The second-order valence-corrected chi connectivity index (χ2v) is 5.07. The van der Waals surface area contributed by atoms with Crippen LogP contribution >= 0.6 is 0 Å². The molecule has 0 bridgehead atoms. The number of esters is 1. The highest BCUT2D eigenvalue weighted by Crippen LogP contribution is 2.28. The van der Waals surface area contributed by atoms with Gasteiger partial charge in [0, 0.05) is 5.56 Å². The second-order valence-electron chi connectivity index (χ2n) is 5.07. The van der Waals surface area contributed by atoms with Crippen LogP contribution in [0.1, 0.15) is 30.6 Å². The SMILES string of the molecule is CCC(C)OC(=O)C(F)(C(=O)O)C(=O)c1cc(F)c(F)c(OC(F)F)c1. The minimum Gasteiger partial charge on any atom is -0.478 e. The van der Waals surface area contributed by atoms with Crippen molar-refractivity contribution in [2.45, 2.75) is 38.7 Å². The number of benzene rings is 1. The molecular weight excluding hydrogens is 371 g/mol. The zero-order chi connectivity index (χ0) is 20.2. The molecule has 0 saturated heterocycles. The van der Waals surface area contributed by atoms with Crippen LogP contribution in [0.5, 0.6) is 5.75 Å². The fourth-order valence-corrected chi connectivity index (χ4v) is 1.70. The van der Waals surface area contributed by atoms with Crippen LogP contribution in [0.15, 0.2) is 12.1 Å². The average Bonchev–Trinajstić information content (AvgIpc) is 2.56. The summed E-state index contributed by atoms with van der Waals surface area (Å²) < 4.78 is 74.1. The third kappa shape index (κ3) is 4.27. The fourth-order valence-electron chi connectivity index (χ4n) is 1.70. The molecule has 1 aromatic rings. The Morgan fingerprint density at radius 3 is 2.27 bits per heavy atom. The maximum Gasteiger partial charge on any atom is 0.387 e. The van der Waals surface area contributed by atoms with Gasteiger partial charge in [-0.1, -0.05) is 6.92 Å². The van der Waals surface area contributed by atoms with E-state index in [2.05, 4.69) is 9.47 Å². The number of ether oxygens (including phenoxy) is 2. The van der Waals surface area contributed by atoms with Crippen LogP contribution in [-0.4, -0.2) is 41.2 Å². The molecule has 0 heterocycles. The van der Waals surface area contributed by atoms with Crippen molar-refractivity contribution in [1.82, 2.24) is 0 Å². The molecule has 144 valence electrons. The van der Waals surface area contributed by atoms with Crippen molar-refractivity contribution < 1.29 is 50.9 Å². The van der Waals surface area contributed by atoms with Gasteiger partial charge in [0.15, 0.2) is 11.6 Å². The predicted octanol–water partition coefficient (Wildman–Crippen LogP) is 2.88. The molecule has 0 fully saturated rings. The molecule has 0 saturated carbocycles. The smallest absolute Gasteiger partial charge is 0.387 e. The molecule has 26 heavy (non-hydrogen) atoms. The summed E-state index contributed by atoms with van der Waals surface area (Å²) in [6.45, 7) is -0.806. The van der Waals surface area contributed by atoms with Crippen LogP contribution in [0.4, 0.5) is 22.0 Å². The molecule has 1 aromatic carbocycles. The van der Waals surface area contributed by atoms with Gasteiger partial charge in [0.1, 0.15) is 0 Å². The summed E-state index contributed by atoms with van der Waals surface area (Å²) >= 11 is 0. The van der Waals surface area contributed by atoms with Gasteiger partial charge in [0.25, 0.3) is 0 Å². The van der Waals surface area contributed by atoms with Gasteiger partial charge < -0.3 is 14.6 Å². The molecule has 0 aliphatic carbocycles. The zero-order valence-corrected chi connectivity index (χ0v) is 13.4. The van der Waals surface area contributed by atoms with Crippen molar-refractivity contribution in [3.05, 3.63) is 29.3 Å². The standard InChI is InChI=1S/C15H13F5O6/c1-3-6(2)25-13(24)15(20,12(22)23)11(21)7-4-8(16)10(17)9(5-7)26-14(18)19/h4-6,14H,3H2,1-2H3,(H,22,23). The van der Waals surface area contributed by atoms with E-state index in [0.29, 0.717) is 0 Å². The van der Waals surface area contributed by atoms with E-state index < -0.39 is 59.1 Å². The Morgan fingerprint density at radius 1 is 1.23 bits per heavy atom. The lowest BCUT2D eigenvalue weighted by atomic mass is 9.94. The number of carboxylic acid groups (broad SMARTS) is 1. The fraction of sp³-hybridized carbons (Fsp3) is 0.400. The minimum atomic E-state index is -4.30. The van der Waals surface area contributed by atoms with Crippen LogP contribution < -0.4 is 4.74 Å². The monoisotopic (exact) mass is 384 g/mol. The Labute approximate surface area is 143 Å². The van der Waals surface area contributed by atoms with Crippen molar-refractivity contribution in [3.63, 3.8) is 0 Å². The maximum absolute atomic E-state index is 14.7. The molecule has 0 radical (unpaired) electrons. The summed E-state index contributed by atoms with van der Waals surface area (Å²) in [6, 6.07) is 0.199. The third-order valence-corrected chi connectivity index (χ3v) is 3.25. The number of ketones is 1. The number of hydrogen-bond donors (Lipinski definition) is 1. The number of halogens is 5. The highest BCUT2D eigenvalue weighted by Gasteiger charge is 2.57. The highest BCUT2D eigenvalue weighted by molar-refractivity contribution is 6.28. The molecular formula is C15H13F5O6. The van der Waals surface area contributed by atoms with Gasteiger partial charge in [-0.2, -0.15) is 13.2 Å². The highest BCUT2D eigenvalue weighted by atomic mass is 19.3. The Hall–Kier alpha value is -2.72. The predicted molar refractivity (Wildman–Crippen MR) is 74.6 cm³/mol. The molecule has 2 unspecified atom stereocenters. The Balaban J connectivity index is 3.39. The minimum absolute atomic E-state index is 0.0454. The first kappa shape index (κ1) is 21.3. The molecule has 11 heteroatoms. The number of Topliss-reactive ketones (excluding diaryl/α,β-unsaturated/α-hetero) is 1. The van der Waals surface area contributed by atoms with Gasteiger partial charge in [0.2, 0.25) is 11.6 Å². The first-order valence-electron chi connectivity index (χ1n) is 7.07. The van der Waals surface area contributed by atoms with E-state index in [1.165, 1.54) is 13.8 Å². The number of rotatable bonds is 8. The molecule has 0 aliphatic heterocycles. The summed E-state index contributed by atoms with van der Waals surface area (Å²) in [5.41, 5.74) is -5.51. The normalized spacial score (nSPS) is 14.5. The first-order chi connectivity index (χ1) is 11.9. The first-order valence-corrected chi connectivity index (χ1v) is 7.07. The van der Waals surface area contributed by atoms with Crippen molar-refractivity contribution in [2.24, 2.45) is 0 Å². The van der Waals surface area contributed by atoms with E-state index >= 15 is 0 Å². The van der Waals surface area contributed by atoms with Gasteiger partial charge in [-0.25, -0.2) is 18.4 Å².